The van der Waals surface area contributed by atoms with Crippen LogP contribution in [0.4, 0.5) is 26.3 Å². The lowest BCUT2D eigenvalue weighted by atomic mass is 9.87. The standard InChI is InChI=1S/C28H24F6N6O3S/c29-17-8-15-10-37-38-18(15)9-21(17)39(13-16-11-36-19(12-35-16)14-4-2-1-3-5-14)28(41)20-6-7-40(20)44(42,43)27-25(33)23(31)22(30)24(32)26(27)34/h8,10-12,14,20H,1-7,9,13H2/t20-/m1/s1. The normalized spacial score (nSPS) is 20.7. The second kappa shape index (κ2) is 11.5. The maximum absolute atomic E-state index is 15.4. The maximum atomic E-state index is 15.4. The van der Waals surface area contributed by atoms with Gasteiger partial charge < -0.3 is 4.90 Å². The van der Waals surface area contributed by atoms with Gasteiger partial charge in [-0.2, -0.15) is 14.5 Å². The van der Waals surface area contributed by atoms with E-state index in [1.165, 1.54) is 12.4 Å². The van der Waals surface area contributed by atoms with Crippen LogP contribution in [0.25, 0.3) is 0 Å². The molecule has 1 saturated heterocycles. The number of carbonyl (C=O) groups excluding carboxylic acids is 1. The van der Waals surface area contributed by atoms with Crippen molar-refractivity contribution in [1.29, 1.82) is 0 Å². The topological polar surface area (TPSA) is 108 Å². The van der Waals surface area contributed by atoms with E-state index in [1.54, 1.807) is 6.20 Å². The summed E-state index contributed by atoms with van der Waals surface area (Å²) in [6.45, 7) is -0.822. The van der Waals surface area contributed by atoms with E-state index in [0.29, 0.717) is 15.6 Å². The highest BCUT2D eigenvalue weighted by atomic mass is 32.2. The molecule has 2 fully saturated rings. The van der Waals surface area contributed by atoms with Gasteiger partial charge in [-0.05, 0) is 25.3 Å². The molecule has 4 aliphatic rings. The van der Waals surface area contributed by atoms with E-state index in [1.807, 2.05) is 0 Å². The number of aromatic nitrogens is 2. The summed E-state index contributed by atoms with van der Waals surface area (Å²) in [6.07, 6.45) is 10.3. The first kappa shape index (κ1) is 30.1. The largest absolute Gasteiger partial charge is 0.305 e. The van der Waals surface area contributed by atoms with Crippen molar-refractivity contribution in [2.75, 3.05) is 6.54 Å². The van der Waals surface area contributed by atoms with Crippen molar-refractivity contribution in [3.63, 3.8) is 0 Å². The number of nitrogens with zero attached hydrogens (tertiary/aromatic N) is 6. The van der Waals surface area contributed by atoms with Gasteiger partial charge in [-0.3, -0.25) is 14.8 Å². The molecule has 16 heteroatoms. The van der Waals surface area contributed by atoms with Crippen LogP contribution in [0.1, 0.15) is 62.3 Å². The molecule has 0 spiro atoms. The number of amides is 1. The fourth-order valence-electron chi connectivity index (χ4n) is 5.77. The number of benzene rings is 1. The predicted molar refractivity (Wildman–Crippen MR) is 144 cm³/mol. The van der Waals surface area contributed by atoms with Gasteiger partial charge in [0.05, 0.1) is 41.8 Å². The Morgan fingerprint density at radius 2 is 1.59 bits per heavy atom. The van der Waals surface area contributed by atoms with Gasteiger partial charge in [-0.1, -0.05) is 19.3 Å². The van der Waals surface area contributed by atoms with Crippen LogP contribution in [0.15, 0.2) is 50.7 Å². The Morgan fingerprint density at radius 1 is 0.909 bits per heavy atom. The molecule has 1 aromatic heterocycles. The molecule has 2 aromatic rings. The van der Waals surface area contributed by atoms with Crippen molar-refractivity contribution in [1.82, 2.24) is 19.2 Å². The van der Waals surface area contributed by atoms with E-state index in [4.69, 9.17) is 0 Å². The third-order valence-electron chi connectivity index (χ3n) is 8.25. The number of fused-ring (bicyclic) bond motifs is 1. The summed E-state index contributed by atoms with van der Waals surface area (Å²) in [5.41, 5.74) is 1.55. The van der Waals surface area contributed by atoms with E-state index in [9.17, 15) is 35.2 Å². The average molecular weight is 639 g/mol. The highest BCUT2D eigenvalue weighted by Crippen LogP contribution is 2.37. The zero-order valence-electron chi connectivity index (χ0n) is 22.9. The average Bonchev–Trinajstić information content (AvgIpc) is 3.44. The van der Waals surface area contributed by atoms with Crippen molar-refractivity contribution in [2.45, 2.75) is 68.3 Å². The molecular formula is C28H24F6N6O3S. The van der Waals surface area contributed by atoms with Crippen LogP contribution >= 0.6 is 0 Å². The molecule has 1 amide bonds. The van der Waals surface area contributed by atoms with E-state index >= 15 is 4.39 Å². The van der Waals surface area contributed by atoms with Crippen LogP contribution in [0.2, 0.25) is 0 Å². The van der Waals surface area contributed by atoms with Gasteiger partial charge in [-0.25, -0.2) is 34.8 Å². The number of halogens is 6. The molecule has 44 heavy (non-hydrogen) atoms. The van der Waals surface area contributed by atoms with Crippen molar-refractivity contribution < 1.29 is 39.6 Å². The molecule has 0 bridgehead atoms. The zero-order chi connectivity index (χ0) is 31.3. The van der Waals surface area contributed by atoms with Crippen LogP contribution in [-0.2, 0) is 21.4 Å². The summed E-state index contributed by atoms with van der Waals surface area (Å²) >= 11 is 0. The Kier molecular flexibility index (Phi) is 7.90. The molecule has 0 radical (unpaired) electrons. The van der Waals surface area contributed by atoms with Gasteiger partial charge in [-0.15, -0.1) is 0 Å². The molecule has 6 rings (SSSR count). The molecule has 0 unspecified atom stereocenters. The summed E-state index contributed by atoms with van der Waals surface area (Å²) in [5, 5.41) is 7.68. The van der Waals surface area contributed by atoms with Gasteiger partial charge in [0.25, 0.3) is 0 Å². The Hall–Kier alpha value is -3.92. The van der Waals surface area contributed by atoms with E-state index in [2.05, 4.69) is 20.2 Å². The highest BCUT2D eigenvalue weighted by molar-refractivity contribution is 7.89. The summed E-state index contributed by atoms with van der Waals surface area (Å²) < 4.78 is 113. The Bertz CT molecular complexity index is 1740. The summed E-state index contributed by atoms with van der Waals surface area (Å²) in [6, 6.07) is -1.64. The number of sulfonamides is 1. The van der Waals surface area contributed by atoms with E-state index in [-0.39, 0.29) is 36.7 Å². The zero-order valence-corrected chi connectivity index (χ0v) is 23.7. The lowest BCUT2D eigenvalue weighted by Crippen LogP contribution is -2.59. The quantitative estimate of drug-likeness (QED) is 0.242. The lowest BCUT2D eigenvalue weighted by Gasteiger charge is -2.41. The first-order valence-corrected chi connectivity index (χ1v) is 15.3. The third kappa shape index (κ3) is 5.12. The Balaban J connectivity index is 1.33. The van der Waals surface area contributed by atoms with Gasteiger partial charge in [0.15, 0.2) is 28.2 Å². The molecule has 2 aliphatic carbocycles. The van der Waals surface area contributed by atoms with Crippen molar-refractivity contribution in [3.8, 4) is 0 Å². The first-order valence-electron chi connectivity index (χ1n) is 13.8. The Labute approximate surface area is 247 Å². The maximum Gasteiger partial charge on any atom is 0.249 e. The third-order valence-corrected chi connectivity index (χ3v) is 10.2. The monoisotopic (exact) mass is 638 g/mol. The fraction of sp³-hybridized carbons (Fsp3) is 0.393. The SMILES string of the molecule is O=C([C@H]1CCN1S(=O)(=O)c1c(F)c(F)c(F)c(F)c1F)N(Cc1cnc(C2CCCCC2)cn1)C1=C(F)C=C2C=NN=C2C1. The van der Waals surface area contributed by atoms with Crippen molar-refractivity contribution in [3.05, 3.63) is 76.0 Å². The summed E-state index contributed by atoms with van der Waals surface area (Å²) in [4.78, 5) is 21.7. The molecule has 9 nitrogen and oxygen atoms in total. The van der Waals surface area contributed by atoms with Crippen LogP contribution in [0, 0.1) is 29.1 Å². The van der Waals surface area contributed by atoms with Crippen molar-refractivity contribution in [2.24, 2.45) is 10.2 Å². The minimum absolute atomic E-state index is 0.170. The Morgan fingerprint density at radius 3 is 2.20 bits per heavy atom. The molecule has 2 aliphatic heterocycles. The van der Waals surface area contributed by atoms with Gasteiger partial charge in [0.1, 0.15) is 11.9 Å². The first-order chi connectivity index (χ1) is 21.0. The molecule has 1 saturated carbocycles. The van der Waals surface area contributed by atoms with E-state index < -0.39 is 68.3 Å². The lowest BCUT2D eigenvalue weighted by molar-refractivity contribution is -0.137. The van der Waals surface area contributed by atoms with E-state index in [0.717, 1.165) is 48.8 Å². The molecule has 0 N–H and O–H groups in total. The smallest absolute Gasteiger partial charge is 0.249 e. The summed E-state index contributed by atoms with van der Waals surface area (Å²) in [5.74, 6) is -14.1. The number of hydrogen-bond acceptors (Lipinski definition) is 7. The number of rotatable bonds is 7. The second-order valence-electron chi connectivity index (χ2n) is 10.9. The molecule has 232 valence electrons. The number of allylic oxidation sites excluding steroid dienone is 4. The molecular weight excluding hydrogens is 614 g/mol. The van der Waals surface area contributed by atoms with Gasteiger partial charge in [0, 0.05) is 30.7 Å². The molecule has 1 aromatic carbocycles. The fourth-order valence-corrected chi connectivity index (χ4v) is 7.51. The predicted octanol–water partition coefficient (Wildman–Crippen LogP) is 4.96. The van der Waals surface area contributed by atoms with Crippen LogP contribution in [0.5, 0.6) is 0 Å². The van der Waals surface area contributed by atoms with Crippen LogP contribution < -0.4 is 0 Å². The number of hydrogen-bond donors (Lipinski definition) is 0. The second-order valence-corrected chi connectivity index (χ2v) is 12.7. The minimum Gasteiger partial charge on any atom is -0.305 e. The van der Waals surface area contributed by atoms with Crippen LogP contribution in [-0.4, -0.2) is 58.0 Å². The minimum atomic E-state index is -5.41. The number of carbonyl (C=O) groups is 1. The molecule has 3 heterocycles. The van der Waals surface area contributed by atoms with Gasteiger partial charge >= 0.3 is 0 Å². The molecule has 1 atom stereocenters. The van der Waals surface area contributed by atoms with Crippen LogP contribution in [0.3, 0.4) is 0 Å². The highest BCUT2D eigenvalue weighted by Gasteiger charge is 2.48. The van der Waals surface area contributed by atoms with Gasteiger partial charge in [0.2, 0.25) is 21.7 Å². The summed E-state index contributed by atoms with van der Waals surface area (Å²) in [7, 11) is -5.41. The van der Waals surface area contributed by atoms with Crippen molar-refractivity contribution >= 4 is 27.9 Å².